The van der Waals surface area contributed by atoms with Gasteiger partial charge in [-0.2, -0.15) is 18.6 Å². The zero-order valence-corrected chi connectivity index (χ0v) is 20.7. The van der Waals surface area contributed by atoms with Crippen molar-refractivity contribution in [2.45, 2.75) is 53.1 Å². The Labute approximate surface area is 206 Å². The lowest BCUT2D eigenvalue weighted by molar-refractivity contribution is -0.114. The molecule has 0 saturated heterocycles. The highest BCUT2D eigenvalue weighted by Crippen LogP contribution is 2.32. The first-order valence-electron chi connectivity index (χ1n) is 11.0. The molecule has 3 aromatic heterocycles. The van der Waals surface area contributed by atoms with Gasteiger partial charge in [0.2, 0.25) is 11.7 Å². The number of anilines is 3. The molecule has 0 bridgehead atoms. The number of ether oxygens (including phenoxy) is 2. The Bertz CT molecular complexity index is 1270. The van der Waals surface area contributed by atoms with Crippen LogP contribution in [0, 0.1) is 0 Å². The largest absolute Gasteiger partial charge is 0.490 e. The Balaban J connectivity index is 2.02. The maximum Gasteiger partial charge on any atom is 0.435 e. The third-order valence-corrected chi connectivity index (χ3v) is 4.31. The van der Waals surface area contributed by atoms with Crippen molar-refractivity contribution in [2.24, 2.45) is 0 Å². The molecule has 3 heterocycles. The van der Waals surface area contributed by atoms with Crippen LogP contribution in [0.3, 0.4) is 0 Å². The van der Waals surface area contributed by atoms with Crippen LogP contribution < -0.4 is 15.4 Å². The molecule has 192 valence electrons. The molecule has 0 aliphatic rings. The van der Waals surface area contributed by atoms with Crippen molar-refractivity contribution in [3.63, 3.8) is 0 Å². The van der Waals surface area contributed by atoms with Crippen molar-refractivity contribution in [3.8, 4) is 17.0 Å². The van der Waals surface area contributed by atoms with Crippen molar-refractivity contribution in [3.05, 3.63) is 36.5 Å². The monoisotopic (exact) mass is 503 g/mol. The topological polar surface area (TPSA) is 133 Å². The summed E-state index contributed by atoms with van der Waals surface area (Å²) in [6, 6.07) is 2.90. The van der Waals surface area contributed by atoms with Gasteiger partial charge in [-0.3, -0.25) is 4.79 Å². The highest BCUT2D eigenvalue weighted by molar-refractivity contribution is 5.88. The normalized spacial score (nSPS) is 11.7. The second kappa shape index (κ2) is 10.2. The van der Waals surface area contributed by atoms with Gasteiger partial charge in [0.15, 0.2) is 5.75 Å². The molecule has 0 aromatic carbocycles. The summed E-state index contributed by atoms with van der Waals surface area (Å²) in [4.78, 5) is 35.8. The molecule has 36 heavy (non-hydrogen) atoms. The average molecular weight is 504 g/mol. The van der Waals surface area contributed by atoms with Gasteiger partial charge in [0.1, 0.15) is 17.2 Å². The first-order chi connectivity index (χ1) is 16.7. The Morgan fingerprint density at radius 3 is 2.42 bits per heavy atom. The molecule has 0 atom stereocenters. The number of carbonyl (C=O) groups excluding carboxylic acids is 2. The number of amides is 1. The number of halogens is 2. The van der Waals surface area contributed by atoms with E-state index >= 15 is 0 Å². The van der Waals surface area contributed by atoms with Gasteiger partial charge in [-0.15, -0.1) is 0 Å². The molecule has 0 fully saturated rings. The molecule has 1 amide bonds. The van der Waals surface area contributed by atoms with E-state index in [9.17, 15) is 18.4 Å². The standard InChI is InChI=1S/C23H27F2N7O4/c1-7-35-17-11-26-18(28-13(2)33)9-16(17)29-19-8-15(30-20(31-19)23(6,24)25)14-10-27-32(12-14)21(34)36-22(3,4)5/h8-12H,7H2,1-6H3,(H2,26,28,29,30,31,33). The van der Waals surface area contributed by atoms with Gasteiger partial charge in [-0.1, -0.05) is 0 Å². The quantitative estimate of drug-likeness (QED) is 0.469. The maximum absolute atomic E-state index is 14.3. The van der Waals surface area contributed by atoms with Crippen LogP contribution in [0.4, 0.5) is 30.9 Å². The summed E-state index contributed by atoms with van der Waals surface area (Å²) in [5.41, 5.74) is -0.0375. The number of aromatic nitrogens is 5. The van der Waals surface area contributed by atoms with E-state index in [0.29, 0.717) is 25.0 Å². The molecule has 11 nitrogen and oxygen atoms in total. The second-order valence-electron chi connectivity index (χ2n) is 8.81. The van der Waals surface area contributed by atoms with Crippen molar-refractivity contribution in [1.82, 2.24) is 24.7 Å². The Morgan fingerprint density at radius 2 is 1.81 bits per heavy atom. The first kappa shape index (κ1) is 26.4. The number of alkyl halides is 2. The van der Waals surface area contributed by atoms with E-state index < -0.39 is 23.4 Å². The van der Waals surface area contributed by atoms with Crippen molar-refractivity contribution in [2.75, 3.05) is 17.2 Å². The van der Waals surface area contributed by atoms with Crippen LogP contribution in [0.2, 0.25) is 0 Å². The van der Waals surface area contributed by atoms with E-state index in [4.69, 9.17) is 9.47 Å². The zero-order chi connectivity index (χ0) is 26.7. The van der Waals surface area contributed by atoms with Crippen molar-refractivity contribution >= 4 is 29.3 Å². The van der Waals surface area contributed by atoms with Crippen LogP contribution >= 0.6 is 0 Å². The van der Waals surface area contributed by atoms with E-state index in [1.54, 1.807) is 27.7 Å². The molecule has 3 aromatic rings. The lowest BCUT2D eigenvalue weighted by Gasteiger charge is -2.18. The molecule has 0 radical (unpaired) electrons. The number of nitrogens with one attached hydrogen (secondary N) is 2. The lowest BCUT2D eigenvalue weighted by atomic mass is 10.2. The number of rotatable bonds is 7. The molecule has 3 rings (SSSR count). The summed E-state index contributed by atoms with van der Waals surface area (Å²) in [6.45, 7) is 9.21. The molecule has 0 unspecified atom stereocenters. The SMILES string of the molecule is CCOc1cnc(NC(C)=O)cc1Nc1cc(-c2cnn(C(=O)OC(C)(C)C)c2)nc(C(C)(F)F)n1. The van der Waals surface area contributed by atoms with E-state index in [-0.39, 0.29) is 28.8 Å². The van der Waals surface area contributed by atoms with E-state index in [2.05, 4.69) is 30.7 Å². The van der Waals surface area contributed by atoms with Gasteiger partial charge in [-0.05, 0) is 27.7 Å². The van der Waals surface area contributed by atoms with Gasteiger partial charge in [0.05, 0.1) is 30.4 Å². The summed E-state index contributed by atoms with van der Waals surface area (Å²) >= 11 is 0. The van der Waals surface area contributed by atoms with Gasteiger partial charge >= 0.3 is 12.0 Å². The van der Waals surface area contributed by atoms with Crippen LogP contribution in [0.15, 0.2) is 30.7 Å². The molecular weight excluding hydrogens is 476 g/mol. The van der Waals surface area contributed by atoms with Crippen LogP contribution in [-0.4, -0.2) is 48.9 Å². The fraction of sp³-hybridized carbons (Fsp3) is 0.391. The van der Waals surface area contributed by atoms with Gasteiger partial charge in [-0.25, -0.2) is 19.7 Å². The van der Waals surface area contributed by atoms with Crippen LogP contribution in [0.25, 0.3) is 11.3 Å². The van der Waals surface area contributed by atoms with E-state index in [1.165, 1.54) is 37.6 Å². The Kier molecular flexibility index (Phi) is 7.51. The highest BCUT2D eigenvalue weighted by atomic mass is 19.3. The van der Waals surface area contributed by atoms with Gasteiger partial charge in [0.25, 0.3) is 0 Å². The minimum Gasteiger partial charge on any atom is -0.490 e. The molecule has 0 aliphatic heterocycles. The molecule has 0 spiro atoms. The molecule has 0 saturated carbocycles. The predicted octanol–water partition coefficient (Wildman–Crippen LogP) is 4.73. The average Bonchev–Trinajstić information content (AvgIpc) is 3.24. The number of hydrogen-bond donors (Lipinski definition) is 2. The summed E-state index contributed by atoms with van der Waals surface area (Å²) in [5, 5.41) is 9.45. The third kappa shape index (κ3) is 6.93. The van der Waals surface area contributed by atoms with E-state index in [0.717, 1.165) is 4.68 Å². The third-order valence-electron chi connectivity index (χ3n) is 4.31. The predicted molar refractivity (Wildman–Crippen MR) is 127 cm³/mol. The summed E-state index contributed by atoms with van der Waals surface area (Å²) in [6.07, 6.45) is 3.29. The first-order valence-corrected chi connectivity index (χ1v) is 11.0. The second-order valence-corrected chi connectivity index (χ2v) is 8.81. The van der Waals surface area contributed by atoms with Gasteiger partial charge < -0.3 is 20.1 Å². The summed E-state index contributed by atoms with van der Waals surface area (Å²) < 4.78 is 40.3. The molecular formula is C23H27F2N7O4. The lowest BCUT2D eigenvalue weighted by Crippen LogP contribution is -2.27. The number of hydrogen-bond acceptors (Lipinski definition) is 9. The van der Waals surface area contributed by atoms with Gasteiger partial charge in [0, 0.05) is 37.7 Å². The summed E-state index contributed by atoms with van der Waals surface area (Å²) in [7, 11) is 0. The Hall–Kier alpha value is -4.16. The van der Waals surface area contributed by atoms with Crippen LogP contribution in [-0.2, 0) is 15.5 Å². The molecule has 2 N–H and O–H groups in total. The number of nitrogens with zero attached hydrogens (tertiary/aromatic N) is 5. The van der Waals surface area contributed by atoms with Crippen LogP contribution in [0.5, 0.6) is 5.75 Å². The Morgan fingerprint density at radius 1 is 1.08 bits per heavy atom. The van der Waals surface area contributed by atoms with E-state index in [1.807, 2.05) is 0 Å². The fourth-order valence-corrected chi connectivity index (χ4v) is 2.92. The van der Waals surface area contributed by atoms with Crippen molar-refractivity contribution in [1.29, 1.82) is 0 Å². The molecule has 13 heteroatoms. The zero-order valence-electron chi connectivity index (χ0n) is 20.7. The highest BCUT2D eigenvalue weighted by Gasteiger charge is 2.30. The fourth-order valence-electron chi connectivity index (χ4n) is 2.92. The summed E-state index contributed by atoms with van der Waals surface area (Å²) in [5.74, 6) is -3.90. The minimum atomic E-state index is -3.37. The number of carbonyl (C=O) groups is 2. The minimum absolute atomic E-state index is 0.0162. The molecule has 0 aliphatic carbocycles. The smallest absolute Gasteiger partial charge is 0.435 e. The van der Waals surface area contributed by atoms with Crippen LogP contribution in [0.1, 0.15) is 47.4 Å². The maximum atomic E-state index is 14.3. The number of pyridine rings is 1. The van der Waals surface area contributed by atoms with Crippen molar-refractivity contribution < 1.29 is 27.8 Å².